The van der Waals surface area contributed by atoms with Crippen molar-refractivity contribution in [2.45, 2.75) is 0 Å². The molecule has 1 N–H and O–H groups in total. The Kier molecular flexibility index (Phi) is 3.76. The van der Waals surface area contributed by atoms with Crippen molar-refractivity contribution >= 4 is 21.8 Å². The monoisotopic (exact) mass is 366 g/mol. The van der Waals surface area contributed by atoms with Gasteiger partial charge in [0.25, 0.3) is 0 Å². The first-order chi connectivity index (χ1) is 13.7. The van der Waals surface area contributed by atoms with Gasteiger partial charge in [-0.3, -0.25) is 4.57 Å². The summed E-state index contributed by atoms with van der Waals surface area (Å²) in [6.45, 7) is 0. The van der Waals surface area contributed by atoms with E-state index >= 15 is 0 Å². The van der Waals surface area contributed by atoms with E-state index in [4.69, 9.17) is 4.74 Å². The molecule has 1 aromatic heterocycles. The molecule has 0 aliphatic rings. The van der Waals surface area contributed by atoms with E-state index < -0.39 is 0 Å². The first-order valence-electron chi connectivity index (χ1n) is 9.07. The summed E-state index contributed by atoms with van der Waals surface area (Å²) in [6.07, 6.45) is 1.87. The molecule has 0 amide bonds. The number of nitrogens with zero attached hydrogens (tertiary/aromatic N) is 2. The number of benzene rings is 4. The van der Waals surface area contributed by atoms with Gasteiger partial charge in [-0.1, -0.05) is 42.5 Å². The Labute approximate surface area is 162 Å². The van der Waals surface area contributed by atoms with E-state index in [9.17, 15) is 5.11 Å². The molecule has 0 bridgehead atoms. The number of aromatic hydroxyl groups is 1. The molecule has 0 aliphatic carbocycles. The molecule has 4 aromatic carbocycles. The Bertz CT molecular complexity index is 1320. The number of rotatable bonds is 3. The molecule has 0 unspecified atom stereocenters. The zero-order chi connectivity index (χ0) is 19.1. The molecule has 136 valence electrons. The SMILES string of the molecule is COc1cc2cc(-c3ccccc3-n3cnc4ccccc43)ccc2cc1O. The zero-order valence-electron chi connectivity index (χ0n) is 15.3. The largest absolute Gasteiger partial charge is 0.504 e. The lowest BCUT2D eigenvalue weighted by Gasteiger charge is -2.13. The Morgan fingerprint density at radius 3 is 2.57 bits per heavy atom. The summed E-state index contributed by atoms with van der Waals surface area (Å²) in [5.41, 5.74) is 5.31. The van der Waals surface area contributed by atoms with Crippen molar-refractivity contribution < 1.29 is 9.84 Å². The second-order valence-electron chi connectivity index (χ2n) is 6.71. The molecule has 28 heavy (non-hydrogen) atoms. The van der Waals surface area contributed by atoms with Crippen molar-refractivity contribution in [3.63, 3.8) is 0 Å². The van der Waals surface area contributed by atoms with Crippen molar-refractivity contribution in [2.75, 3.05) is 7.11 Å². The summed E-state index contributed by atoms with van der Waals surface area (Å²) < 4.78 is 7.38. The number of aromatic nitrogens is 2. The van der Waals surface area contributed by atoms with Gasteiger partial charge in [-0.25, -0.2) is 4.98 Å². The predicted octanol–water partition coefficient (Wildman–Crippen LogP) is 5.56. The van der Waals surface area contributed by atoms with Crippen LogP contribution in [0.15, 0.2) is 85.2 Å². The average Bonchev–Trinajstić information content (AvgIpc) is 3.17. The number of hydrogen-bond acceptors (Lipinski definition) is 3. The number of methoxy groups -OCH3 is 1. The van der Waals surface area contributed by atoms with E-state index in [0.717, 1.165) is 38.6 Å². The second kappa shape index (κ2) is 6.43. The number of fused-ring (bicyclic) bond motifs is 2. The standard InChI is InChI=1S/C24H18N2O2/c1-28-24-14-18-12-17(11-10-16(18)13-23(24)27)19-6-2-4-8-21(19)26-15-25-20-7-3-5-9-22(20)26/h2-15,27H,1H3. The highest BCUT2D eigenvalue weighted by molar-refractivity contribution is 5.91. The first-order valence-corrected chi connectivity index (χ1v) is 9.07. The van der Waals surface area contributed by atoms with Crippen molar-refractivity contribution in [1.29, 1.82) is 0 Å². The highest BCUT2D eigenvalue weighted by Crippen LogP contribution is 2.35. The maximum Gasteiger partial charge on any atom is 0.161 e. The van der Waals surface area contributed by atoms with Crippen LogP contribution in [-0.4, -0.2) is 21.8 Å². The summed E-state index contributed by atoms with van der Waals surface area (Å²) in [4.78, 5) is 4.53. The molecular formula is C24H18N2O2. The normalized spacial score (nSPS) is 11.2. The van der Waals surface area contributed by atoms with Crippen molar-refractivity contribution in [2.24, 2.45) is 0 Å². The Balaban J connectivity index is 1.71. The summed E-state index contributed by atoms with van der Waals surface area (Å²) in [5.74, 6) is 0.617. The van der Waals surface area contributed by atoms with E-state index in [2.05, 4.69) is 39.9 Å². The van der Waals surface area contributed by atoms with Gasteiger partial charge in [0, 0.05) is 5.56 Å². The first kappa shape index (κ1) is 16.4. The van der Waals surface area contributed by atoms with Crippen LogP contribution in [0.1, 0.15) is 0 Å². The van der Waals surface area contributed by atoms with Gasteiger partial charge >= 0.3 is 0 Å². The van der Waals surface area contributed by atoms with Crippen LogP contribution in [0.4, 0.5) is 0 Å². The topological polar surface area (TPSA) is 47.3 Å². The quantitative estimate of drug-likeness (QED) is 0.455. The second-order valence-corrected chi connectivity index (χ2v) is 6.71. The van der Waals surface area contributed by atoms with Gasteiger partial charge in [-0.05, 0) is 52.7 Å². The van der Waals surface area contributed by atoms with Gasteiger partial charge in [0.1, 0.15) is 6.33 Å². The van der Waals surface area contributed by atoms with Crippen molar-refractivity contribution in [3.8, 4) is 28.3 Å². The van der Waals surface area contributed by atoms with E-state index in [1.807, 2.05) is 48.8 Å². The number of hydrogen-bond donors (Lipinski definition) is 1. The molecule has 5 aromatic rings. The van der Waals surface area contributed by atoms with Crippen LogP contribution < -0.4 is 4.74 Å². The fraction of sp³-hybridized carbons (Fsp3) is 0.0417. The molecule has 0 spiro atoms. The van der Waals surface area contributed by atoms with Crippen LogP contribution in [0.25, 0.3) is 38.6 Å². The molecule has 0 fully saturated rings. The van der Waals surface area contributed by atoms with E-state index in [0.29, 0.717) is 5.75 Å². The number of phenols is 1. The molecule has 0 saturated heterocycles. The molecule has 0 saturated carbocycles. The van der Waals surface area contributed by atoms with Gasteiger partial charge in [-0.15, -0.1) is 0 Å². The van der Waals surface area contributed by atoms with Gasteiger partial charge in [0.05, 0.1) is 23.8 Å². The minimum absolute atomic E-state index is 0.146. The zero-order valence-corrected chi connectivity index (χ0v) is 15.3. The smallest absolute Gasteiger partial charge is 0.161 e. The molecule has 5 rings (SSSR count). The van der Waals surface area contributed by atoms with Crippen LogP contribution in [0.2, 0.25) is 0 Å². The van der Waals surface area contributed by atoms with E-state index in [1.54, 1.807) is 13.2 Å². The molecule has 0 aliphatic heterocycles. The summed E-state index contributed by atoms with van der Waals surface area (Å²) in [7, 11) is 1.56. The minimum atomic E-state index is 0.146. The number of para-hydroxylation sites is 3. The van der Waals surface area contributed by atoms with Gasteiger partial charge in [-0.2, -0.15) is 0 Å². The fourth-order valence-corrected chi connectivity index (χ4v) is 3.67. The van der Waals surface area contributed by atoms with Crippen molar-refractivity contribution in [3.05, 3.63) is 85.2 Å². The highest BCUT2D eigenvalue weighted by Gasteiger charge is 2.11. The predicted molar refractivity (Wildman–Crippen MR) is 112 cm³/mol. The lowest BCUT2D eigenvalue weighted by molar-refractivity contribution is 0.374. The van der Waals surface area contributed by atoms with Crippen LogP contribution in [0.3, 0.4) is 0 Å². The van der Waals surface area contributed by atoms with E-state index in [-0.39, 0.29) is 5.75 Å². The van der Waals surface area contributed by atoms with Crippen LogP contribution in [0.5, 0.6) is 11.5 Å². The van der Waals surface area contributed by atoms with Crippen LogP contribution >= 0.6 is 0 Å². The van der Waals surface area contributed by atoms with E-state index in [1.165, 1.54) is 0 Å². The maximum atomic E-state index is 10.0. The number of imidazole rings is 1. The molecule has 4 heteroatoms. The highest BCUT2D eigenvalue weighted by atomic mass is 16.5. The third kappa shape index (κ3) is 2.58. The molecule has 0 radical (unpaired) electrons. The fourth-order valence-electron chi connectivity index (χ4n) is 3.67. The Hall–Kier alpha value is -3.79. The average molecular weight is 366 g/mol. The van der Waals surface area contributed by atoms with Gasteiger partial charge in [0.2, 0.25) is 0 Å². The molecule has 4 nitrogen and oxygen atoms in total. The minimum Gasteiger partial charge on any atom is -0.504 e. The molecular weight excluding hydrogens is 348 g/mol. The van der Waals surface area contributed by atoms with Crippen molar-refractivity contribution in [1.82, 2.24) is 9.55 Å². The van der Waals surface area contributed by atoms with Gasteiger partial charge in [0.15, 0.2) is 11.5 Å². The van der Waals surface area contributed by atoms with Crippen LogP contribution in [0, 0.1) is 0 Å². The number of ether oxygens (including phenoxy) is 1. The number of phenolic OH excluding ortho intramolecular Hbond substituents is 1. The maximum absolute atomic E-state index is 10.0. The Morgan fingerprint density at radius 1 is 0.857 bits per heavy atom. The third-order valence-electron chi connectivity index (χ3n) is 5.07. The lowest BCUT2D eigenvalue weighted by atomic mass is 9.99. The third-order valence-corrected chi connectivity index (χ3v) is 5.07. The Morgan fingerprint density at radius 2 is 1.68 bits per heavy atom. The summed E-state index contributed by atoms with van der Waals surface area (Å²) >= 11 is 0. The molecule has 0 atom stereocenters. The van der Waals surface area contributed by atoms with Crippen LogP contribution in [-0.2, 0) is 0 Å². The summed E-state index contributed by atoms with van der Waals surface area (Å²) in [6, 6.07) is 26.2. The molecule has 1 heterocycles. The lowest BCUT2D eigenvalue weighted by Crippen LogP contribution is -1.95. The summed E-state index contributed by atoms with van der Waals surface area (Å²) in [5, 5.41) is 12.0. The van der Waals surface area contributed by atoms with Gasteiger partial charge < -0.3 is 9.84 Å².